The number of pyridine rings is 1. The zero-order valence-electron chi connectivity index (χ0n) is 17.1. The summed E-state index contributed by atoms with van der Waals surface area (Å²) in [6.07, 6.45) is 7.82. The Bertz CT molecular complexity index is 1150. The van der Waals surface area contributed by atoms with Crippen LogP contribution in [0.5, 0.6) is 0 Å². The van der Waals surface area contributed by atoms with Crippen LogP contribution in [-0.2, 0) is 23.0 Å². The van der Waals surface area contributed by atoms with Crippen LogP contribution < -0.4 is 10.5 Å². The van der Waals surface area contributed by atoms with Crippen molar-refractivity contribution in [3.8, 4) is 0 Å². The molecule has 29 heavy (non-hydrogen) atoms. The fraction of sp³-hybridized carbons (Fsp3) is 0.524. The van der Waals surface area contributed by atoms with Crippen LogP contribution in [0.1, 0.15) is 51.3 Å². The van der Waals surface area contributed by atoms with Crippen molar-refractivity contribution in [2.75, 3.05) is 12.0 Å². The highest BCUT2D eigenvalue weighted by Gasteiger charge is 2.36. The molecule has 0 radical (unpaired) electrons. The standard InChI is InChI=1S/C21H29N5O2S/c1-3-9-17-24-18-19(15-10-5-6-11-16(15)23-20(18)22)26(17)14-21(25-29(2,27)28)12-7-4-8-13-21/h5-6,10-11,25H,3-4,7-9,12-14H2,1-2H3,(H2,22,23). The Morgan fingerprint density at radius 3 is 2.59 bits per heavy atom. The second-order valence-electron chi connectivity index (χ2n) is 8.29. The number of para-hydroxylation sites is 1. The summed E-state index contributed by atoms with van der Waals surface area (Å²) in [4.78, 5) is 9.38. The maximum atomic E-state index is 12.2. The van der Waals surface area contributed by atoms with Crippen LogP contribution in [0.15, 0.2) is 24.3 Å². The summed E-state index contributed by atoms with van der Waals surface area (Å²) in [5, 5.41) is 0.997. The van der Waals surface area contributed by atoms with Crippen LogP contribution in [0, 0.1) is 0 Å². The Balaban J connectivity index is 1.94. The highest BCUT2D eigenvalue weighted by atomic mass is 32.2. The third-order valence-electron chi connectivity index (χ3n) is 5.84. The predicted octanol–water partition coefficient (Wildman–Crippen LogP) is 3.37. The number of fused-ring (bicyclic) bond motifs is 3. The quantitative estimate of drug-likeness (QED) is 0.642. The molecule has 0 spiro atoms. The normalized spacial score (nSPS) is 17.2. The Kier molecular flexibility index (Phi) is 5.25. The summed E-state index contributed by atoms with van der Waals surface area (Å²) in [6, 6.07) is 7.92. The van der Waals surface area contributed by atoms with E-state index in [0.29, 0.717) is 17.9 Å². The number of nitrogens with one attached hydrogen (secondary N) is 1. The Labute approximate surface area is 171 Å². The zero-order valence-corrected chi connectivity index (χ0v) is 17.9. The molecular weight excluding hydrogens is 386 g/mol. The first-order valence-corrected chi connectivity index (χ1v) is 12.2. The lowest BCUT2D eigenvalue weighted by Crippen LogP contribution is -2.52. The van der Waals surface area contributed by atoms with Crippen LogP contribution in [0.25, 0.3) is 21.9 Å². The van der Waals surface area contributed by atoms with Gasteiger partial charge in [0.15, 0.2) is 5.82 Å². The summed E-state index contributed by atoms with van der Waals surface area (Å²) in [7, 11) is -3.34. The smallest absolute Gasteiger partial charge is 0.209 e. The van der Waals surface area contributed by atoms with Gasteiger partial charge in [0.05, 0.1) is 22.8 Å². The molecule has 7 nitrogen and oxygen atoms in total. The van der Waals surface area contributed by atoms with E-state index in [4.69, 9.17) is 10.7 Å². The van der Waals surface area contributed by atoms with E-state index in [1.54, 1.807) is 0 Å². The monoisotopic (exact) mass is 415 g/mol. The first kappa shape index (κ1) is 20.1. The number of rotatable bonds is 6. The van der Waals surface area contributed by atoms with Gasteiger partial charge in [0, 0.05) is 18.4 Å². The van der Waals surface area contributed by atoms with Gasteiger partial charge in [0.1, 0.15) is 11.3 Å². The van der Waals surface area contributed by atoms with E-state index in [9.17, 15) is 8.42 Å². The van der Waals surface area contributed by atoms with Gasteiger partial charge in [-0.25, -0.2) is 23.1 Å². The first-order chi connectivity index (χ1) is 13.8. The molecule has 0 saturated heterocycles. The lowest BCUT2D eigenvalue weighted by Gasteiger charge is -2.38. The number of aromatic nitrogens is 3. The first-order valence-electron chi connectivity index (χ1n) is 10.3. The average molecular weight is 416 g/mol. The zero-order chi connectivity index (χ0) is 20.6. The van der Waals surface area contributed by atoms with Gasteiger partial charge in [-0.2, -0.15) is 0 Å². The maximum absolute atomic E-state index is 12.2. The minimum atomic E-state index is -3.34. The largest absolute Gasteiger partial charge is 0.382 e. The molecule has 0 unspecified atom stereocenters. The number of anilines is 1. The molecule has 2 heterocycles. The number of nitrogens with zero attached hydrogens (tertiary/aromatic N) is 3. The molecule has 0 atom stereocenters. The summed E-state index contributed by atoms with van der Waals surface area (Å²) in [6.45, 7) is 2.67. The molecule has 3 aromatic rings. The molecule has 0 bridgehead atoms. The van der Waals surface area contributed by atoms with Crippen LogP contribution >= 0.6 is 0 Å². The van der Waals surface area contributed by atoms with Crippen LogP contribution in [0.3, 0.4) is 0 Å². The molecule has 0 amide bonds. The lowest BCUT2D eigenvalue weighted by molar-refractivity contribution is 0.236. The molecular formula is C21H29N5O2S. The fourth-order valence-electron chi connectivity index (χ4n) is 4.71. The number of nitrogens with two attached hydrogens (primary N) is 1. The van der Waals surface area contributed by atoms with Crippen molar-refractivity contribution in [1.29, 1.82) is 0 Å². The van der Waals surface area contributed by atoms with E-state index >= 15 is 0 Å². The molecule has 1 aliphatic rings. The van der Waals surface area contributed by atoms with Gasteiger partial charge in [-0.15, -0.1) is 0 Å². The average Bonchev–Trinajstić information content (AvgIpc) is 3.00. The second-order valence-corrected chi connectivity index (χ2v) is 10.0. The van der Waals surface area contributed by atoms with Gasteiger partial charge in [0.2, 0.25) is 10.0 Å². The Morgan fingerprint density at radius 2 is 1.90 bits per heavy atom. The lowest BCUT2D eigenvalue weighted by atomic mass is 9.82. The number of hydrogen-bond donors (Lipinski definition) is 2. The molecule has 8 heteroatoms. The maximum Gasteiger partial charge on any atom is 0.209 e. The Morgan fingerprint density at radius 1 is 1.17 bits per heavy atom. The molecule has 1 fully saturated rings. The summed E-state index contributed by atoms with van der Waals surface area (Å²) in [5.74, 6) is 1.36. The second kappa shape index (κ2) is 7.57. The van der Waals surface area contributed by atoms with Gasteiger partial charge in [-0.3, -0.25) is 0 Å². The molecule has 156 valence electrons. The van der Waals surface area contributed by atoms with Crippen molar-refractivity contribution in [1.82, 2.24) is 19.3 Å². The fourth-order valence-corrected chi connectivity index (χ4v) is 5.76. The van der Waals surface area contributed by atoms with E-state index in [0.717, 1.165) is 67.2 Å². The van der Waals surface area contributed by atoms with Crippen molar-refractivity contribution in [3.63, 3.8) is 0 Å². The number of hydrogen-bond acceptors (Lipinski definition) is 5. The van der Waals surface area contributed by atoms with E-state index in [1.807, 2.05) is 24.3 Å². The van der Waals surface area contributed by atoms with Crippen molar-refractivity contribution in [2.24, 2.45) is 0 Å². The number of sulfonamides is 1. The third-order valence-corrected chi connectivity index (χ3v) is 6.64. The van der Waals surface area contributed by atoms with E-state index in [-0.39, 0.29) is 0 Å². The molecule has 3 N–H and O–H groups in total. The van der Waals surface area contributed by atoms with Crippen molar-refractivity contribution in [3.05, 3.63) is 30.1 Å². The SMILES string of the molecule is CCCc1nc2c(N)nc3ccccc3c2n1CC1(NS(C)(=O)=O)CCCCC1. The van der Waals surface area contributed by atoms with Gasteiger partial charge in [-0.05, 0) is 25.3 Å². The third kappa shape index (κ3) is 3.96. The minimum Gasteiger partial charge on any atom is -0.382 e. The number of aryl methyl sites for hydroxylation is 1. The number of nitrogen functional groups attached to an aromatic ring is 1. The molecule has 0 aliphatic heterocycles. The van der Waals surface area contributed by atoms with Crippen molar-refractivity contribution >= 4 is 37.8 Å². The number of imidazole rings is 1. The molecule has 1 aromatic carbocycles. The number of benzene rings is 1. The van der Waals surface area contributed by atoms with Gasteiger partial charge in [0.25, 0.3) is 0 Å². The van der Waals surface area contributed by atoms with Crippen LogP contribution in [0.2, 0.25) is 0 Å². The predicted molar refractivity (Wildman–Crippen MR) is 117 cm³/mol. The molecule has 4 rings (SSSR count). The Hall–Kier alpha value is -2.19. The highest BCUT2D eigenvalue weighted by Crippen LogP contribution is 2.35. The van der Waals surface area contributed by atoms with Gasteiger partial charge in [-0.1, -0.05) is 44.4 Å². The van der Waals surface area contributed by atoms with Crippen molar-refractivity contribution in [2.45, 2.75) is 64.0 Å². The molecule has 1 saturated carbocycles. The van der Waals surface area contributed by atoms with E-state index in [2.05, 4.69) is 21.2 Å². The van der Waals surface area contributed by atoms with Gasteiger partial charge < -0.3 is 10.3 Å². The van der Waals surface area contributed by atoms with Crippen LogP contribution in [0.4, 0.5) is 5.82 Å². The van der Waals surface area contributed by atoms with Gasteiger partial charge >= 0.3 is 0 Å². The highest BCUT2D eigenvalue weighted by molar-refractivity contribution is 7.88. The minimum absolute atomic E-state index is 0.420. The topological polar surface area (TPSA) is 103 Å². The summed E-state index contributed by atoms with van der Waals surface area (Å²) < 4.78 is 29.6. The summed E-state index contributed by atoms with van der Waals surface area (Å²) in [5.41, 5.74) is 8.26. The summed E-state index contributed by atoms with van der Waals surface area (Å²) >= 11 is 0. The molecule has 1 aliphatic carbocycles. The molecule has 2 aromatic heterocycles. The van der Waals surface area contributed by atoms with E-state index < -0.39 is 15.6 Å². The van der Waals surface area contributed by atoms with Crippen LogP contribution in [-0.4, -0.2) is 34.7 Å². The van der Waals surface area contributed by atoms with E-state index in [1.165, 1.54) is 6.26 Å². The van der Waals surface area contributed by atoms with Crippen molar-refractivity contribution < 1.29 is 8.42 Å².